The lowest BCUT2D eigenvalue weighted by Gasteiger charge is -2.20. The molecule has 0 aliphatic heterocycles. The van der Waals surface area contributed by atoms with E-state index < -0.39 is 31.3 Å². The number of hydrogen-bond donors (Lipinski definition) is 5. The molecule has 0 atom stereocenters. The summed E-state index contributed by atoms with van der Waals surface area (Å²) >= 11 is 0. The molecule has 1 heterocycles. The molecule has 0 saturated carbocycles. The summed E-state index contributed by atoms with van der Waals surface area (Å²) in [5.74, 6) is -0.758. The second-order valence-electron chi connectivity index (χ2n) is 9.43. The summed E-state index contributed by atoms with van der Waals surface area (Å²) in [5.41, 5.74) is 11.2. The molecular formula is C30H36N2O5. The van der Waals surface area contributed by atoms with Gasteiger partial charge in [0.05, 0.1) is 30.9 Å². The first-order chi connectivity index (χ1) is 17.8. The lowest BCUT2D eigenvalue weighted by molar-refractivity contribution is -0.136. The standard InChI is InChI=1S/C26H25NO2.C4H11NO3/c1-19-6-5-9-23(16-19)27-18-22(13-10-20-7-3-2-4-8-20)24-17-21(11-14-25(24)27)12-15-26(28)29;5-4(1-6,2-7)3-8/h2-9,11,14,16-18H,10,12-13,15H2,1H3,(H,28,29);6-8H,1-3,5H2. The van der Waals surface area contributed by atoms with Crippen LogP contribution in [0.1, 0.15) is 28.7 Å². The number of carboxylic acids is 1. The van der Waals surface area contributed by atoms with Gasteiger partial charge in [-0.25, -0.2) is 0 Å². The molecule has 0 aliphatic carbocycles. The minimum Gasteiger partial charge on any atom is -0.481 e. The number of hydrogen-bond acceptors (Lipinski definition) is 5. The molecule has 6 N–H and O–H groups in total. The second kappa shape index (κ2) is 13.2. The molecule has 0 fully saturated rings. The number of carboxylic acid groups (broad SMARTS) is 1. The summed E-state index contributed by atoms with van der Waals surface area (Å²) in [4.78, 5) is 11.0. The van der Waals surface area contributed by atoms with Crippen molar-refractivity contribution in [1.29, 1.82) is 0 Å². The Kier molecular flexibility index (Phi) is 10.00. The maximum Gasteiger partial charge on any atom is 0.303 e. The zero-order valence-corrected chi connectivity index (χ0v) is 21.2. The van der Waals surface area contributed by atoms with Gasteiger partial charge < -0.3 is 30.7 Å². The fraction of sp³-hybridized carbons (Fsp3) is 0.300. The first kappa shape index (κ1) is 28.1. The molecule has 0 spiro atoms. The summed E-state index contributed by atoms with van der Waals surface area (Å²) in [6.07, 6.45) is 4.88. The molecule has 0 amide bonds. The van der Waals surface area contributed by atoms with E-state index in [-0.39, 0.29) is 6.42 Å². The average molecular weight is 505 g/mol. The van der Waals surface area contributed by atoms with Crippen LogP contribution in [0.4, 0.5) is 0 Å². The van der Waals surface area contributed by atoms with Crippen LogP contribution in [-0.2, 0) is 24.1 Å². The van der Waals surface area contributed by atoms with E-state index >= 15 is 0 Å². The highest BCUT2D eigenvalue weighted by molar-refractivity contribution is 5.86. The smallest absolute Gasteiger partial charge is 0.303 e. The van der Waals surface area contributed by atoms with Gasteiger partial charge in [-0.05, 0) is 72.7 Å². The van der Waals surface area contributed by atoms with E-state index in [1.165, 1.54) is 22.1 Å². The molecule has 7 heteroatoms. The average Bonchev–Trinajstić information content (AvgIpc) is 3.29. The van der Waals surface area contributed by atoms with Crippen LogP contribution in [0.25, 0.3) is 16.6 Å². The number of benzene rings is 3. The third kappa shape index (κ3) is 7.74. The van der Waals surface area contributed by atoms with Gasteiger partial charge in [-0.1, -0.05) is 48.5 Å². The van der Waals surface area contributed by atoms with E-state index in [9.17, 15) is 4.79 Å². The second-order valence-corrected chi connectivity index (χ2v) is 9.43. The summed E-state index contributed by atoms with van der Waals surface area (Å²) in [7, 11) is 0. The third-order valence-electron chi connectivity index (χ3n) is 6.33. The maximum atomic E-state index is 11.0. The van der Waals surface area contributed by atoms with Gasteiger partial charge in [0.1, 0.15) is 0 Å². The molecule has 37 heavy (non-hydrogen) atoms. The lowest BCUT2D eigenvalue weighted by Crippen LogP contribution is -2.50. The summed E-state index contributed by atoms with van der Waals surface area (Å²) in [5, 5.41) is 35.3. The fourth-order valence-corrected chi connectivity index (χ4v) is 4.02. The highest BCUT2D eigenvalue weighted by Gasteiger charge is 2.20. The topological polar surface area (TPSA) is 129 Å². The minimum atomic E-state index is -1.21. The Balaban J connectivity index is 0.000000414. The lowest BCUT2D eigenvalue weighted by atomic mass is 10.0. The number of fused-ring (bicyclic) bond motifs is 1. The van der Waals surface area contributed by atoms with Crippen molar-refractivity contribution in [3.63, 3.8) is 0 Å². The molecule has 3 aromatic carbocycles. The van der Waals surface area contributed by atoms with Crippen LogP contribution in [0.15, 0.2) is 79.0 Å². The molecule has 0 unspecified atom stereocenters. The van der Waals surface area contributed by atoms with Gasteiger partial charge in [0.25, 0.3) is 0 Å². The van der Waals surface area contributed by atoms with Gasteiger partial charge in [0.2, 0.25) is 0 Å². The van der Waals surface area contributed by atoms with Gasteiger partial charge in [-0.2, -0.15) is 0 Å². The van der Waals surface area contributed by atoms with E-state index in [1.807, 2.05) is 6.07 Å². The monoisotopic (exact) mass is 504 g/mol. The fourth-order valence-electron chi connectivity index (χ4n) is 4.02. The van der Waals surface area contributed by atoms with E-state index in [0.717, 1.165) is 29.6 Å². The Morgan fingerprint density at radius 2 is 1.54 bits per heavy atom. The molecule has 0 saturated heterocycles. The Hall–Kier alpha value is -3.49. The van der Waals surface area contributed by atoms with Crippen molar-refractivity contribution >= 4 is 16.9 Å². The molecule has 0 bridgehead atoms. The van der Waals surface area contributed by atoms with E-state index in [2.05, 4.69) is 84.4 Å². The predicted molar refractivity (Wildman–Crippen MR) is 146 cm³/mol. The van der Waals surface area contributed by atoms with Crippen molar-refractivity contribution in [3.05, 3.63) is 101 Å². The van der Waals surface area contributed by atoms with Crippen LogP contribution in [0.5, 0.6) is 0 Å². The predicted octanol–water partition coefficient (Wildman–Crippen LogP) is 3.40. The Bertz CT molecular complexity index is 1290. The van der Waals surface area contributed by atoms with Crippen molar-refractivity contribution in [2.45, 2.75) is 38.1 Å². The van der Waals surface area contributed by atoms with Gasteiger partial charge in [0.15, 0.2) is 0 Å². The number of nitrogens with two attached hydrogens (primary N) is 1. The Labute approximate surface area is 217 Å². The number of rotatable bonds is 10. The quantitative estimate of drug-likeness (QED) is 0.225. The van der Waals surface area contributed by atoms with E-state index in [1.54, 1.807) is 0 Å². The first-order valence-corrected chi connectivity index (χ1v) is 12.4. The van der Waals surface area contributed by atoms with Gasteiger partial charge >= 0.3 is 5.97 Å². The number of aliphatic carboxylic acids is 1. The van der Waals surface area contributed by atoms with Gasteiger partial charge in [-0.3, -0.25) is 4.79 Å². The summed E-state index contributed by atoms with van der Waals surface area (Å²) < 4.78 is 2.25. The van der Waals surface area contributed by atoms with E-state index in [0.29, 0.717) is 6.42 Å². The van der Waals surface area contributed by atoms with Crippen LogP contribution in [0.2, 0.25) is 0 Å². The zero-order chi connectivity index (χ0) is 26.8. The molecule has 4 rings (SSSR count). The summed E-state index contributed by atoms with van der Waals surface area (Å²) in [6, 6.07) is 25.4. The SMILES string of the molecule is Cc1cccc(-n2cc(CCc3ccccc3)c3cc(CCC(=O)O)ccc32)c1.NC(CO)(CO)CO. The van der Waals surface area contributed by atoms with Crippen molar-refractivity contribution < 1.29 is 25.2 Å². The molecule has 0 radical (unpaired) electrons. The Morgan fingerprint density at radius 3 is 2.14 bits per heavy atom. The van der Waals surface area contributed by atoms with Gasteiger partial charge in [0, 0.05) is 23.7 Å². The maximum absolute atomic E-state index is 11.0. The minimum absolute atomic E-state index is 0.156. The molecule has 196 valence electrons. The molecule has 1 aromatic heterocycles. The molecular weight excluding hydrogens is 468 g/mol. The van der Waals surface area contributed by atoms with Crippen molar-refractivity contribution in [3.8, 4) is 5.69 Å². The van der Waals surface area contributed by atoms with Crippen molar-refractivity contribution in [2.24, 2.45) is 5.73 Å². The normalized spacial score (nSPS) is 11.3. The number of aryl methyl sites for hydroxylation is 4. The zero-order valence-electron chi connectivity index (χ0n) is 21.2. The van der Waals surface area contributed by atoms with Crippen LogP contribution >= 0.6 is 0 Å². The molecule has 4 aromatic rings. The highest BCUT2D eigenvalue weighted by Crippen LogP contribution is 2.28. The first-order valence-electron chi connectivity index (χ1n) is 12.4. The number of carbonyl (C=O) groups is 1. The van der Waals surface area contributed by atoms with Crippen LogP contribution in [-0.4, -0.2) is 56.3 Å². The van der Waals surface area contributed by atoms with Crippen LogP contribution < -0.4 is 5.73 Å². The highest BCUT2D eigenvalue weighted by atomic mass is 16.4. The number of aliphatic hydroxyl groups excluding tert-OH is 3. The number of aliphatic hydroxyl groups is 3. The van der Waals surface area contributed by atoms with Crippen molar-refractivity contribution in [2.75, 3.05) is 19.8 Å². The number of nitrogens with zero attached hydrogens (tertiary/aromatic N) is 1. The molecule has 0 aliphatic rings. The van der Waals surface area contributed by atoms with Crippen LogP contribution in [0.3, 0.4) is 0 Å². The Morgan fingerprint density at radius 1 is 0.838 bits per heavy atom. The number of aromatic nitrogens is 1. The van der Waals surface area contributed by atoms with E-state index in [4.69, 9.17) is 26.2 Å². The van der Waals surface area contributed by atoms with Gasteiger partial charge in [-0.15, -0.1) is 0 Å². The molecule has 7 nitrogen and oxygen atoms in total. The largest absolute Gasteiger partial charge is 0.481 e. The summed E-state index contributed by atoms with van der Waals surface area (Å²) in [6.45, 7) is 0.898. The third-order valence-corrected chi connectivity index (χ3v) is 6.33. The van der Waals surface area contributed by atoms with Crippen LogP contribution in [0, 0.1) is 6.92 Å². The van der Waals surface area contributed by atoms with Crippen molar-refractivity contribution in [1.82, 2.24) is 4.57 Å².